The molecule has 4 nitrogen and oxygen atoms in total. The fourth-order valence-corrected chi connectivity index (χ4v) is 1.15. The minimum absolute atomic E-state index is 0.224. The highest BCUT2D eigenvalue weighted by atomic mass is 16.5. The first kappa shape index (κ1) is 12.5. The Balaban J connectivity index is 2.34. The Morgan fingerprint density at radius 3 is 2.50 bits per heavy atom. The van der Waals surface area contributed by atoms with Crippen molar-refractivity contribution >= 4 is 5.97 Å². The van der Waals surface area contributed by atoms with Crippen LogP contribution in [0.5, 0.6) is 5.75 Å². The number of ether oxygens (including phenoxy) is 2. The smallest absolute Gasteiger partial charge is 0.308 e. The van der Waals surface area contributed by atoms with Crippen molar-refractivity contribution < 1.29 is 19.4 Å². The first-order valence-corrected chi connectivity index (χ1v) is 5.07. The predicted octanol–water partition coefficient (Wildman–Crippen LogP) is 1.93. The summed E-state index contributed by atoms with van der Waals surface area (Å²) in [5.74, 6) is -0.518. The van der Waals surface area contributed by atoms with Gasteiger partial charge in [0.1, 0.15) is 5.75 Å². The Labute approximate surface area is 94.8 Å². The van der Waals surface area contributed by atoms with E-state index in [0.29, 0.717) is 6.61 Å². The van der Waals surface area contributed by atoms with E-state index in [1.165, 1.54) is 0 Å². The molecule has 0 spiro atoms. The number of rotatable bonds is 6. The van der Waals surface area contributed by atoms with Crippen LogP contribution in [0.15, 0.2) is 24.3 Å². The van der Waals surface area contributed by atoms with Crippen LogP contribution in [-0.4, -0.2) is 24.8 Å². The van der Waals surface area contributed by atoms with Crippen molar-refractivity contribution in [1.82, 2.24) is 0 Å². The summed E-state index contributed by atoms with van der Waals surface area (Å²) < 4.78 is 10.3. The van der Waals surface area contributed by atoms with Crippen molar-refractivity contribution in [3.63, 3.8) is 0 Å². The van der Waals surface area contributed by atoms with Crippen LogP contribution in [0.1, 0.15) is 12.5 Å². The molecule has 0 saturated heterocycles. The van der Waals surface area contributed by atoms with Crippen LogP contribution in [0.3, 0.4) is 0 Å². The van der Waals surface area contributed by atoms with Gasteiger partial charge >= 0.3 is 5.97 Å². The van der Waals surface area contributed by atoms with Gasteiger partial charge in [-0.1, -0.05) is 12.1 Å². The van der Waals surface area contributed by atoms with Crippen molar-refractivity contribution in [1.29, 1.82) is 0 Å². The molecule has 0 aliphatic heterocycles. The van der Waals surface area contributed by atoms with E-state index in [9.17, 15) is 4.79 Å². The van der Waals surface area contributed by atoms with Crippen molar-refractivity contribution in [3.05, 3.63) is 29.8 Å². The third kappa shape index (κ3) is 3.90. The molecule has 0 fully saturated rings. The Kier molecular flexibility index (Phi) is 4.79. The average molecular weight is 224 g/mol. The molecule has 1 atom stereocenters. The minimum Gasteiger partial charge on any atom is -0.497 e. The Hall–Kier alpha value is -1.55. The zero-order valence-corrected chi connectivity index (χ0v) is 9.47. The molecule has 16 heavy (non-hydrogen) atoms. The third-order valence-corrected chi connectivity index (χ3v) is 2.22. The van der Waals surface area contributed by atoms with Gasteiger partial charge in [0, 0.05) is 0 Å². The van der Waals surface area contributed by atoms with Gasteiger partial charge in [-0.15, -0.1) is 0 Å². The minimum atomic E-state index is -0.838. The molecule has 0 radical (unpaired) electrons. The molecule has 0 aliphatic rings. The molecule has 1 aromatic rings. The second-order valence-electron chi connectivity index (χ2n) is 3.60. The first-order chi connectivity index (χ1) is 7.63. The summed E-state index contributed by atoms with van der Waals surface area (Å²) in [5.41, 5.74) is 0.999. The van der Waals surface area contributed by atoms with Crippen LogP contribution in [0.2, 0.25) is 0 Å². The van der Waals surface area contributed by atoms with Gasteiger partial charge in [0.15, 0.2) is 0 Å². The highest BCUT2D eigenvalue weighted by Gasteiger charge is 2.10. The van der Waals surface area contributed by atoms with Crippen molar-refractivity contribution in [2.45, 2.75) is 13.5 Å². The number of carboxylic acids is 1. The lowest BCUT2D eigenvalue weighted by molar-refractivity contribution is -0.143. The maximum atomic E-state index is 10.5. The van der Waals surface area contributed by atoms with E-state index in [1.807, 2.05) is 24.3 Å². The highest BCUT2D eigenvalue weighted by Crippen LogP contribution is 2.12. The van der Waals surface area contributed by atoms with Crippen molar-refractivity contribution in [3.8, 4) is 5.75 Å². The maximum absolute atomic E-state index is 10.5. The molecule has 88 valence electrons. The van der Waals surface area contributed by atoms with Gasteiger partial charge in [-0.05, 0) is 24.6 Å². The molecule has 0 aliphatic carbocycles. The number of benzene rings is 1. The second kappa shape index (κ2) is 6.12. The number of carboxylic acid groups (broad SMARTS) is 1. The van der Waals surface area contributed by atoms with Crippen LogP contribution >= 0.6 is 0 Å². The summed E-state index contributed by atoms with van der Waals surface area (Å²) in [5, 5.41) is 8.65. The fourth-order valence-electron chi connectivity index (χ4n) is 1.15. The van der Waals surface area contributed by atoms with Crippen molar-refractivity contribution in [2.24, 2.45) is 5.92 Å². The van der Waals surface area contributed by atoms with E-state index in [0.717, 1.165) is 11.3 Å². The third-order valence-electron chi connectivity index (χ3n) is 2.22. The zero-order valence-electron chi connectivity index (χ0n) is 9.47. The van der Waals surface area contributed by atoms with Crippen molar-refractivity contribution in [2.75, 3.05) is 13.7 Å². The Morgan fingerprint density at radius 2 is 2.00 bits per heavy atom. The number of hydrogen-bond acceptors (Lipinski definition) is 3. The standard InChI is InChI=1S/C12H16O4/c1-9(12(13)14)7-16-8-10-3-5-11(15-2)6-4-10/h3-6,9H,7-8H2,1-2H3,(H,13,14)/t9-/m1/s1. The van der Waals surface area contributed by atoms with Crippen LogP contribution < -0.4 is 4.74 Å². The van der Waals surface area contributed by atoms with Gasteiger partial charge in [0.25, 0.3) is 0 Å². The number of aliphatic carboxylic acids is 1. The zero-order chi connectivity index (χ0) is 12.0. The molecule has 0 bridgehead atoms. The molecular formula is C12H16O4. The first-order valence-electron chi connectivity index (χ1n) is 5.07. The van der Waals surface area contributed by atoms with Crippen LogP contribution in [0.4, 0.5) is 0 Å². The predicted molar refractivity (Wildman–Crippen MR) is 59.4 cm³/mol. The lowest BCUT2D eigenvalue weighted by Crippen LogP contribution is -2.15. The van der Waals surface area contributed by atoms with E-state index in [1.54, 1.807) is 14.0 Å². The summed E-state index contributed by atoms with van der Waals surface area (Å²) in [6.45, 7) is 2.26. The topological polar surface area (TPSA) is 55.8 Å². The normalized spacial score (nSPS) is 12.1. The Bertz CT molecular complexity index is 331. The summed E-state index contributed by atoms with van der Waals surface area (Å²) in [7, 11) is 1.61. The molecule has 0 aromatic heterocycles. The number of hydrogen-bond donors (Lipinski definition) is 1. The molecule has 0 unspecified atom stereocenters. The second-order valence-corrected chi connectivity index (χ2v) is 3.60. The van der Waals surface area contributed by atoms with E-state index < -0.39 is 11.9 Å². The molecule has 0 heterocycles. The monoisotopic (exact) mass is 224 g/mol. The largest absolute Gasteiger partial charge is 0.497 e. The average Bonchev–Trinajstić information content (AvgIpc) is 2.29. The van der Waals surface area contributed by atoms with E-state index in [-0.39, 0.29) is 6.61 Å². The highest BCUT2D eigenvalue weighted by molar-refractivity contribution is 5.69. The van der Waals surface area contributed by atoms with Crippen LogP contribution in [0, 0.1) is 5.92 Å². The lowest BCUT2D eigenvalue weighted by atomic mass is 10.2. The SMILES string of the molecule is COc1ccc(COC[C@@H](C)C(=O)O)cc1. The van der Waals surface area contributed by atoms with Gasteiger partial charge in [0.2, 0.25) is 0 Å². The molecule has 0 saturated carbocycles. The van der Waals surface area contributed by atoms with Gasteiger partial charge in [-0.25, -0.2) is 0 Å². The molecule has 1 N–H and O–H groups in total. The fraction of sp³-hybridized carbons (Fsp3) is 0.417. The van der Waals surface area contributed by atoms with Gasteiger partial charge < -0.3 is 14.6 Å². The summed E-state index contributed by atoms with van der Waals surface area (Å²) in [6.07, 6.45) is 0. The Morgan fingerprint density at radius 1 is 1.38 bits per heavy atom. The van der Waals surface area contributed by atoms with Gasteiger partial charge in [-0.2, -0.15) is 0 Å². The molecule has 4 heteroatoms. The number of carbonyl (C=O) groups is 1. The van der Waals surface area contributed by atoms with Gasteiger partial charge in [0.05, 0.1) is 26.2 Å². The maximum Gasteiger partial charge on any atom is 0.308 e. The summed E-state index contributed by atoms with van der Waals surface area (Å²) in [6, 6.07) is 7.48. The molecule has 0 amide bonds. The van der Waals surface area contributed by atoms with E-state index >= 15 is 0 Å². The number of methoxy groups -OCH3 is 1. The summed E-state index contributed by atoms with van der Waals surface area (Å²) in [4.78, 5) is 10.5. The molecule has 1 aromatic carbocycles. The molecular weight excluding hydrogens is 208 g/mol. The van der Waals surface area contributed by atoms with Gasteiger partial charge in [-0.3, -0.25) is 4.79 Å². The van der Waals surface area contributed by atoms with Crippen LogP contribution in [0.25, 0.3) is 0 Å². The molecule has 1 rings (SSSR count). The van der Waals surface area contributed by atoms with Crippen LogP contribution in [-0.2, 0) is 16.1 Å². The quantitative estimate of drug-likeness (QED) is 0.802. The van der Waals surface area contributed by atoms with E-state index in [4.69, 9.17) is 14.6 Å². The summed E-state index contributed by atoms with van der Waals surface area (Å²) >= 11 is 0. The lowest BCUT2D eigenvalue weighted by Gasteiger charge is -2.08. The van der Waals surface area contributed by atoms with E-state index in [2.05, 4.69) is 0 Å².